The van der Waals surface area contributed by atoms with Gasteiger partial charge < -0.3 is 10.3 Å². The minimum absolute atomic E-state index is 0.965. The summed E-state index contributed by atoms with van der Waals surface area (Å²) in [6, 6.07) is 17.7. The summed E-state index contributed by atoms with van der Waals surface area (Å²) in [5.41, 5.74) is 5.13. The molecule has 1 saturated carbocycles. The average Bonchev–Trinajstić information content (AvgIpc) is 3.14. The van der Waals surface area contributed by atoms with Gasteiger partial charge in [0.2, 0.25) is 0 Å². The molecule has 0 amide bonds. The highest BCUT2D eigenvalue weighted by Crippen LogP contribution is 2.26. The van der Waals surface area contributed by atoms with Gasteiger partial charge in [-0.15, -0.1) is 0 Å². The van der Waals surface area contributed by atoms with Gasteiger partial charge in [-0.3, -0.25) is 0 Å². The van der Waals surface area contributed by atoms with Crippen LogP contribution >= 0.6 is 0 Å². The molecule has 1 aromatic heterocycles. The molecule has 0 bridgehead atoms. The summed E-state index contributed by atoms with van der Waals surface area (Å²) < 4.78 is 0. The Bertz CT molecular complexity index is 794. The van der Waals surface area contributed by atoms with Gasteiger partial charge in [-0.05, 0) is 59.2 Å². The van der Waals surface area contributed by atoms with E-state index in [-0.39, 0.29) is 0 Å². The molecule has 1 fully saturated rings. The Kier molecular flexibility index (Phi) is 5.17. The average molecular weight is 332 g/mol. The standard InChI is InChI=1S/C23H28N2/c1-2-4-18(5-3-1)12-14-24-17-19-6-8-20(9-7-19)21-10-11-23-22(16-21)13-15-25-23/h6-11,13,15-16,18,24-25H,1-5,12,14,17H2. The van der Waals surface area contributed by atoms with Gasteiger partial charge in [-0.1, -0.05) is 62.4 Å². The zero-order valence-electron chi connectivity index (χ0n) is 14.9. The molecular formula is C23H28N2. The first-order valence-electron chi connectivity index (χ1n) is 9.76. The largest absolute Gasteiger partial charge is 0.361 e. The topological polar surface area (TPSA) is 27.8 Å². The Labute approximate surface area is 150 Å². The van der Waals surface area contributed by atoms with Gasteiger partial charge in [-0.25, -0.2) is 0 Å². The maximum absolute atomic E-state index is 3.62. The Balaban J connectivity index is 1.30. The van der Waals surface area contributed by atoms with Gasteiger partial charge in [0.05, 0.1) is 0 Å². The third kappa shape index (κ3) is 4.13. The molecule has 2 N–H and O–H groups in total. The molecule has 0 saturated heterocycles. The first kappa shape index (κ1) is 16.4. The van der Waals surface area contributed by atoms with Gasteiger partial charge in [-0.2, -0.15) is 0 Å². The predicted molar refractivity (Wildman–Crippen MR) is 107 cm³/mol. The van der Waals surface area contributed by atoms with Crippen LogP contribution in [0.4, 0.5) is 0 Å². The predicted octanol–water partition coefficient (Wildman–Crippen LogP) is 5.89. The van der Waals surface area contributed by atoms with E-state index >= 15 is 0 Å². The molecule has 0 radical (unpaired) electrons. The van der Waals surface area contributed by atoms with Crippen LogP contribution in [0.2, 0.25) is 0 Å². The molecule has 0 atom stereocenters. The van der Waals surface area contributed by atoms with Crippen LogP contribution in [0, 0.1) is 5.92 Å². The molecule has 0 spiro atoms. The lowest BCUT2D eigenvalue weighted by Crippen LogP contribution is -2.19. The number of hydrogen-bond donors (Lipinski definition) is 2. The van der Waals surface area contributed by atoms with Gasteiger partial charge in [0.1, 0.15) is 0 Å². The van der Waals surface area contributed by atoms with Crippen molar-refractivity contribution in [2.24, 2.45) is 5.92 Å². The summed E-state index contributed by atoms with van der Waals surface area (Å²) in [4.78, 5) is 3.25. The van der Waals surface area contributed by atoms with Crippen molar-refractivity contribution in [1.29, 1.82) is 0 Å². The van der Waals surface area contributed by atoms with Crippen LogP contribution in [0.3, 0.4) is 0 Å². The van der Waals surface area contributed by atoms with Crippen LogP contribution in [0.25, 0.3) is 22.0 Å². The van der Waals surface area contributed by atoms with Crippen LogP contribution in [-0.4, -0.2) is 11.5 Å². The van der Waals surface area contributed by atoms with E-state index in [2.05, 4.69) is 58.8 Å². The summed E-state index contributed by atoms with van der Waals surface area (Å²) >= 11 is 0. The van der Waals surface area contributed by atoms with Crippen molar-refractivity contribution < 1.29 is 0 Å². The van der Waals surface area contributed by atoms with Crippen LogP contribution in [0.1, 0.15) is 44.1 Å². The maximum atomic E-state index is 3.62. The smallest absolute Gasteiger partial charge is 0.0454 e. The van der Waals surface area contributed by atoms with Crippen LogP contribution in [-0.2, 0) is 6.54 Å². The quantitative estimate of drug-likeness (QED) is 0.541. The second-order valence-corrected chi connectivity index (χ2v) is 7.45. The van der Waals surface area contributed by atoms with Crippen molar-refractivity contribution in [3.63, 3.8) is 0 Å². The Morgan fingerprint density at radius 1 is 0.880 bits per heavy atom. The number of rotatable bonds is 6. The van der Waals surface area contributed by atoms with Crippen molar-refractivity contribution in [3.8, 4) is 11.1 Å². The second kappa shape index (κ2) is 7.88. The van der Waals surface area contributed by atoms with E-state index in [0.717, 1.165) is 19.0 Å². The molecule has 1 aliphatic rings. The number of fused-ring (bicyclic) bond motifs is 1. The van der Waals surface area contributed by atoms with E-state index in [1.165, 1.54) is 66.1 Å². The number of nitrogens with one attached hydrogen (secondary N) is 2. The summed E-state index contributed by atoms with van der Waals surface area (Å²) in [6.45, 7) is 2.13. The zero-order chi connectivity index (χ0) is 16.9. The van der Waals surface area contributed by atoms with Gasteiger partial charge in [0.15, 0.2) is 0 Å². The first-order chi connectivity index (χ1) is 12.4. The summed E-state index contributed by atoms with van der Waals surface area (Å²) in [5.74, 6) is 0.965. The highest BCUT2D eigenvalue weighted by Gasteiger charge is 2.12. The number of H-pyrrole nitrogens is 1. The molecule has 4 rings (SSSR count). The molecule has 2 aromatic carbocycles. The van der Waals surface area contributed by atoms with Gasteiger partial charge in [0, 0.05) is 18.3 Å². The van der Waals surface area contributed by atoms with Crippen molar-refractivity contribution in [2.45, 2.75) is 45.1 Å². The number of aromatic amines is 1. The monoisotopic (exact) mass is 332 g/mol. The van der Waals surface area contributed by atoms with Gasteiger partial charge >= 0.3 is 0 Å². The number of aromatic nitrogens is 1. The Morgan fingerprint density at radius 2 is 1.68 bits per heavy atom. The summed E-state index contributed by atoms with van der Waals surface area (Å²) in [6.07, 6.45) is 10.6. The van der Waals surface area contributed by atoms with Crippen molar-refractivity contribution in [3.05, 3.63) is 60.3 Å². The fraction of sp³-hybridized carbons (Fsp3) is 0.391. The molecule has 25 heavy (non-hydrogen) atoms. The molecule has 2 heteroatoms. The molecule has 0 aliphatic heterocycles. The highest BCUT2D eigenvalue weighted by atomic mass is 14.8. The molecule has 3 aromatic rings. The van der Waals surface area contributed by atoms with E-state index in [1.807, 2.05) is 6.20 Å². The first-order valence-corrected chi connectivity index (χ1v) is 9.76. The van der Waals surface area contributed by atoms with E-state index in [1.54, 1.807) is 0 Å². The van der Waals surface area contributed by atoms with E-state index < -0.39 is 0 Å². The number of hydrogen-bond acceptors (Lipinski definition) is 1. The lowest BCUT2D eigenvalue weighted by molar-refractivity contribution is 0.334. The molecular weight excluding hydrogens is 304 g/mol. The SMILES string of the molecule is c1cc2cc(-c3ccc(CNCCC4CCCCC4)cc3)ccc2[nH]1. The van der Waals surface area contributed by atoms with Crippen LogP contribution < -0.4 is 5.32 Å². The fourth-order valence-corrected chi connectivity index (χ4v) is 4.06. The highest BCUT2D eigenvalue weighted by molar-refractivity contribution is 5.85. The van der Waals surface area contributed by atoms with E-state index in [9.17, 15) is 0 Å². The lowest BCUT2D eigenvalue weighted by atomic mass is 9.87. The number of benzene rings is 2. The maximum Gasteiger partial charge on any atom is 0.0454 e. The summed E-state index contributed by atoms with van der Waals surface area (Å²) in [5, 5.41) is 4.89. The van der Waals surface area contributed by atoms with Crippen LogP contribution in [0.15, 0.2) is 54.7 Å². The third-order valence-electron chi connectivity index (χ3n) is 5.62. The second-order valence-electron chi connectivity index (χ2n) is 7.45. The fourth-order valence-electron chi connectivity index (χ4n) is 4.06. The van der Waals surface area contributed by atoms with Crippen LogP contribution in [0.5, 0.6) is 0 Å². The lowest BCUT2D eigenvalue weighted by Gasteiger charge is -2.21. The zero-order valence-corrected chi connectivity index (χ0v) is 14.9. The third-order valence-corrected chi connectivity index (χ3v) is 5.62. The normalized spacial score (nSPS) is 15.7. The molecule has 0 unspecified atom stereocenters. The Hall–Kier alpha value is -2.06. The molecule has 2 nitrogen and oxygen atoms in total. The van der Waals surface area contributed by atoms with E-state index in [4.69, 9.17) is 0 Å². The van der Waals surface area contributed by atoms with Crippen molar-refractivity contribution in [1.82, 2.24) is 10.3 Å². The molecule has 1 aliphatic carbocycles. The summed E-state index contributed by atoms with van der Waals surface area (Å²) in [7, 11) is 0. The van der Waals surface area contributed by atoms with Crippen molar-refractivity contribution in [2.75, 3.05) is 6.54 Å². The van der Waals surface area contributed by atoms with E-state index in [0.29, 0.717) is 0 Å². The molecule has 1 heterocycles. The van der Waals surface area contributed by atoms with Gasteiger partial charge in [0.25, 0.3) is 0 Å². The van der Waals surface area contributed by atoms with Crippen molar-refractivity contribution >= 4 is 10.9 Å². The Morgan fingerprint density at radius 3 is 2.52 bits per heavy atom. The minimum Gasteiger partial charge on any atom is -0.361 e. The minimum atomic E-state index is 0.965. The molecule has 130 valence electrons.